The van der Waals surface area contributed by atoms with Crippen molar-refractivity contribution in [2.75, 3.05) is 0 Å². The van der Waals surface area contributed by atoms with Gasteiger partial charge < -0.3 is 0 Å². The third-order valence-electron chi connectivity index (χ3n) is 10.5. The van der Waals surface area contributed by atoms with Gasteiger partial charge in [-0.25, -0.2) is 15.0 Å². The fourth-order valence-electron chi connectivity index (χ4n) is 8.03. The Morgan fingerprint density at radius 1 is 0.283 bits per heavy atom. The van der Waals surface area contributed by atoms with Crippen LogP contribution in [0.1, 0.15) is 0 Å². The monoisotopic (exact) mass is 691 g/mol. The van der Waals surface area contributed by atoms with Gasteiger partial charge in [-0.2, -0.15) is 0 Å². The minimum Gasteiger partial charge on any atom is -0.208 e. The van der Waals surface area contributed by atoms with Gasteiger partial charge in [0.2, 0.25) is 0 Å². The number of rotatable bonds is 4. The fourth-order valence-corrected chi connectivity index (χ4v) is 9.09. The lowest BCUT2D eigenvalue weighted by molar-refractivity contribution is 1.07. The molecule has 11 rings (SSSR count). The molecule has 3 nitrogen and oxygen atoms in total. The summed E-state index contributed by atoms with van der Waals surface area (Å²) < 4.78 is 2.50. The first-order valence-corrected chi connectivity index (χ1v) is 18.7. The molecular formula is C49H29N3S. The number of thiophene rings is 1. The highest BCUT2D eigenvalue weighted by Gasteiger charge is 2.17. The maximum atomic E-state index is 5.03. The highest BCUT2D eigenvalue weighted by molar-refractivity contribution is 7.25. The Hall–Kier alpha value is -6.75. The van der Waals surface area contributed by atoms with Crippen molar-refractivity contribution in [3.8, 4) is 45.3 Å². The molecule has 0 radical (unpaired) electrons. The van der Waals surface area contributed by atoms with E-state index in [1.807, 2.05) is 72.0 Å². The molecule has 246 valence electrons. The summed E-state index contributed by atoms with van der Waals surface area (Å²) in [5, 5.41) is 12.7. The van der Waals surface area contributed by atoms with Gasteiger partial charge in [-0.05, 0) is 90.6 Å². The molecule has 0 atom stereocenters. The molecule has 0 aliphatic carbocycles. The minimum absolute atomic E-state index is 0.662. The molecule has 0 aliphatic rings. The van der Waals surface area contributed by atoms with Crippen molar-refractivity contribution in [2.45, 2.75) is 0 Å². The van der Waals surface area contributed by atoms with Crippen LogP contribution in [0, 0.1) is 0 Å². The van der Waals surface area contributed by atoms with Crippen LogP contribution in [0.3, 0.4) is 0 Å². The van der Waals surface area contributed by atoms with Crippen LogP contribution in [0.2, 0.25) is 0 Å². The van der Waals surface area contributed by atoms with Gasteiger partial charge in [0, 0.05) is 36.9 Å². The fraction of sp³-hybridized carbons (Fsp3) is 0. The van der Waals surface area contributed by atoms with Crippen LogP contribution in [-0.2, 0) is 0 Å². The number of benzene rings is 9. The van der Waals surface area contributed by atoms with Gasteiger partial charge in [-0.15, -0.1) is 11.3 Å². The van der Waals surface area contributed by atoms with Crippen molar-refractivity contribution in [3.63, 3.8) is 0 Å². The molecule has 0 spiro atoms. The second-order valence-corrected chi connectivity index (χ2v) is 14.6. The first kappa shape index (κ1) is 29.9. The van der Waals surface area contributed by atoms with Crippen LogP contribution in [0.5, 0.6) is 0 Å². The third-order valence-corrected chi connectivity index (χ3v) is 11.6. The largest absolute Gasteiger partial charge is 0.208 e. The molecule has 53 heavy (non-hydrogen) atoms. The lowest BCUT2D eigenvalue weighted by Crippen LogP contribution is -2.00. The zero-order chi connectivity index (χ0) is 34.9. The molecule has 4 heteroatoms. The molecule has 0 saturated heterocycles. The van der Waals surface area contributed by atoms with E-state index in [0.717, 1.165) is 16.7 Å². The zero-order valence-corrected chi connectivity index (χ0v) is 29.3. The lowest BCUT2D eigenvalue weighted by Gasteiger charge is -2.16. The Balaban J connectivity index is 1.13. The number of aromatic nitrogens is 3. The van der Waals surface area contributed by atoms with Crippen LogP contribution in [-0.4, -0.2) is 15.0 Å². The van der Waals surface area contributed by atoms with E-state index in [1.165, 1.54) is 74.4 Å². The molecule has 0 saturated carbocycles. The molecule has 0 amide bonds. The van der Waals surface area contributed by atoms with Gasteiger partial charge in [0.1, 0.15) is 0 Å². The van der Waals surface area contributed by atoms with Crippen molar-refractivity contribution in [1.29, 1.82) is 0 Å². The van der Waals surface area contributed by atoms with Crippen LogP contribution in [0.15, 0.2) is 176 Å². The smallest absolute Gasteiger partial charge is 0.164 e. The summed E-state index contributed by atoms with van der Waals surface area (Å²) >= 11 is 1.83. The maximum absolute atomic E-state index is 5.03. The molecular weight excluding hydrogens is 663 g/mol. The average molecular weight is 692 g/mol. The van der Waals surface area contributed by atoms with Crippen LogP contribution in [0.25, 0.3) is 109 Å². The molecule has 0 unspecified atom stereocenters. The maximum Gasteiger partial charge on any atom is 0.164 e. The van der Waals surface area contributed by atoms with E-state index >= 15 is 0 Å². The summed E-state index contributed by atoms with van der Waals surface area (Å²) in [7, 11) is 0. The van der Waals surface area contributed by atoms with E-state index in [-0.39, 0.29) is 0 Å². The Labute approximate surface area is 309 Å². The topological polar surface area (TPSA) is 38.7 Å². The Kier molecular flexibility index (Phi) is 6.73. The van der Waals surface area contributed by atoms with E-state index < -0.39 is 0 Å². The number of hydrogen-bond acceptors (Lipinski definition) is 4. The molecule has 0 aliphatic heterocycles. The van der Waals surface area contributed by atoms with Gasteiger partial charge in [0.25, 0.3) is 0 Å². The van der Waals surface area contributed by atoms with Gasteiger partial charge in [-0.3, -0.25) is 0 Å². The van der Waals surface area contributed by atoms with Crippen molar-refractivity contribution in [1.82, 2.24) is 15.0 Å². The summed E-state index contributed by atoms with van der Waals surface area (Å²) in [6, 6.07) is 62.9. The summed E-state index contributed by atoms with van der Waals surface area (Å²) in [5.41, 5.74) is 5.33. The van der Waals surface area contributed by atoms with E-state index in [0.29, 0.717) is 17.5 Å². The average Bonchev–Trinajstić information content (AvgIpc) is 3.61. The normalized spacial score (nSPS) is 11.8. The third kappa shape index (κ3) is 4.84. The minimum atomic E-state index is 0.662. The number of nitrogens with zero attached hydrogens (tertiary/aromatic N) is 3. The molecule has 0 N–H and O–H groups in total. The van der Waals surface area contributed by atoms with E-state index in [1.54, 1.807) is 0 Å². The molecule has 0 fully saturated rings. The van der Waals surface area contributed by atoms with E-state index in [9.17, 15) is 0 Å². The Morgan fingerprint density at radius 2 is 0.698 bits per heavy atom. The van der Waals surface area contributed by atoms with Gasteiger partial charge in [0.15, 0.2) is 17.5 Å². The standard InChI is InChI=1S/C49H29N3S/c1-3-13-30(14-4-1)47-50-48(31-15-5-2-6-16-31)52-49(51-47)33-24-26-45-42(28-33)41-27-32(23-25-44(41)53-45)40-29-43-36-19-8-7-17-34(36)35-18-9-11-21-38(35)46(43)39-22-12-10-20-37(39)40/h1-29H. The Morgan fingerprint density at radius 3 is 1.28 bits per heavy atom. The van der Waals surface area contributed by atoms with Crippen LogP contribution >= 0.6 is 11.3 Å². The molecule has 2 heterocycles. The SMILES string of the molecule is c1ccc(-c2nc(-c3ccccc3)nc(-c3ccc4sc5ccc(-c6cc7c8ccccc8c8ccccc8c7c7ccccc67)cc5c4c3)n2)cc1. The Bertz CT molecular complexity index is 3160. The summed E-state index contributed by atoms with van der Waals surface area (Å²) in [6.45, 7) is 0. The number of fused-ring (bicyclic) bond motifs is 11. The van der Waals surface area contributed by atoms with Gasteiger partial charge >= 0.3 is 0 Å². The summed E-state index contributed by atoms with van der Waals surface area (Å²) in [4.78, 5) is 15.0. The van der Waals surface area contributed by atoms with Crippen molar-refractivity contribution in [3.05, 3.63) is 176 Å². The van der Waals surface area contributed by atoms with Crippen molar-refractivity contribution >= 4 is 74.6 Å². The van der Waals surface area contributed by atoms with Crippen LogP contribution < -0.4 is 0 Å². The highest BCUT2D eigenvalue weighted by atomic mass is 32.1. The summed E-state index contributed by atoms with van der Waals surface area (Å²) in [5.74, 6) is 1.99. The molecule has 0 bridgehead atoms. The van der Waals surface area contributed by atoms with E-state index in [4.69, 9.17) is 15.0 Å². The zero-order valence-electron chi connectivity index (χ0n) is 28.5. The first-order chi connectivity index (χ1) is 26.3. The van der Waals surface area contributed by atoms with Crippen molar-refractivity contribution < 1.29 is 0 Å². The van der Waals surface area contributed by atoms with Crippen molar-refractivity contribution in [2.24, 2.45) is 0 Å². The van der Waals surface area contributed by atoms with Crippen LogP contribution in [0.4, 0.5) is 0 Å². The number of hydrogen-bond donors (Lipinski definition) is 0. The second-order valence-electron chi connectivity index (χ2n) is 13.5. The first-order valence-electron chi connectivity index (χ1n) is 17.9. The molecule has 2 aromatic heterocycles. The second kappa shape index (κ2) is 11.9. The highest BCUT2D eigenvalue weighted by Crippen LogP contribution is 2.44. The predicted octanol–water partition coefficient (Wildman–Crippen LogP) is 13.5. The summed E-state index contributed by atoms with van der Waals surface area (Å²) in [6.07, 6.45) is 0. The quantitative estimate of drug-likeness (QED) is 0.172. The van der Waals surface area contributed by atoms with E-state index in [2.05, 4.69) is 115 Å². The molecule has 9 aromatic carbocycles. The van der Waals surface area contributed by atoms with Gasteiger partial charge in [-0.1, -0.05) is 140 Å². The van der Waals surface area contributed by atoms with Gasteiger partial charge in [0.05, 0.1) is 0 Å². The molecule has 11 aromatic rings. The predicted molar refractivity (Wildman–Crippen MR) is 224 cm³/mol. The lowest BCUT2D eigenvalue weighted by atomic mass is 9.87.